The minimum absolute atomic E-state index is 0.0423. The van der Waals surface area contributed by atoms with Crippen LogP contribution in [0.5, 0.6) is 0 Å². The lowest BCUT2D eigenvalue weighted by atomic mass is 10.1. The zero-order valence-electron chi connectivity index (χ0n) is 10.3. The third kappa shape index (κ3) is 3.04. The number of halogens is 3. The van der Waals surface area contributed by atoms with Crippen molar-refractivity contribution >= 4 is 5.69 Å². The molecule has 19 heavy (non-hydrogen) atoms. The average molecular weight is 270 g/mol. The van der Waals surface area contributed by atoms with Gasteiger partial charge in [-0.2, -0.15) is 18.3 Å². The van der Waals surface area contributed by atoms with Crippen LogP contribution in [-0.4, -0.2) is 14.8 Å². The van der Waals surface area contributed by atoms with E-state index in [-0.39, 0.29) is 12.2 Å². The first kappa shape index (κ1) is 13.4. The second kappa shape index (κ2) is 5.29. The monoisotopic (exact) mass is 270 g/mol. The number of hydrogen-bond acceptors (Lipinski definition) is 3. The van der Waals surface area contributed by atoms with Crippen LogP contribution >= 0.6 is 0 Å². The molecule has 2 aromatic rings. The van der Waals surface area contributed by atoms with E-state index in [0.29, 0.717) is 12.4 Å². The lowest BCUT2D eigenvalue weighted by Gasteiger charge is -2.14. The van der Waals surface area contributed by atoms with Crippen LogP contribution in [0.25, 0.3) is 0 Å². The van der Waals surface area contributed by atoms with Crippen LogP contribution in [0.3, 0.4) is 0 Å². The molecule has 1 aromatic heterocycles. The van der Waals surface area contributed by atoms with Crippen LogP contribution in [0.4, 0.5) is 18.9 Å². The van der Waals surface area contributed by atoms with Gasteiger partial charge in [-0.05, 0) is 19.1 Å². The lowest BCUT2D eigenvalue weighted by molar-refractivity contribution is -0.137. The molecule has 1 N–H and O–H groups in total. The third-order valence-electron chi connectivity index (χ3n) is 2.66. The molecular weight excluding hydrogens is 257 g/mol. The summed E-state index contributed by atoms with van der Waals surface area (Å²) in [7, 11) is 0. The Hall–Kier alpha value is -2.05. The standard InChI is InChI=1S/C12H13F3N4/c1-2-19-11(17-8-18-19)7-16-10-6-4-3-5-9(10)12(13,14)15/h3-6,8,16H,2,7H2,1H3. The number of anilines is 1. The molecule has 0 unspecified atom stereocenters. The number of aromatic nitrogens is 3. The summed E-state index contributed by atoms with van der Waals surface area (Å²) in [6.45, 7) is 2.71. The molecule has 7 heteroatoms. The molecule has 0 atom stereocenters. The summed E-state index contributed by atoms with van der Waals surface area (Å²) in [5.41, 5.74) is -0.641. The smallest absolute Gasteiger partial charge is 0.377 e. The molecule has 0 aliphatic rings. The van der Waals surface area contributed by atoms with Crippen molar-refractivity contribution in [3.05, 3.63) is 42.0 Å². The molecule has 0 saturated carbocycles. The number of nitrogens with one attached hydrogen (secondary N) is 1. The first-order valence-electron chi connectivity index (χ1n) is 5.79. The molecule has 2 rings (SSSR count). The van der Waals surface area contributed by atoms with E-state index in [1.54, 1.807) is 10.7 Å². The van der Waals surface area contributed by atoms with E-state index in [4.69, 9.17) is 0 Å². The van der Waals surface area contributed by atoms with Crippen LogP contribution in [-0.2, 0) is 19.3 Å². The zero-order chi connectivity index (χ0) is 13.9. The summed E-state index contributed by atoms with van der Waals surface area (Å²) in [4.78, 5) is 4.00. The van der Waals surface area contributed by atoms with Crippen molar-refractivity contribution in [3.63, 3.8) is 0 Å². The van der Waals surface area contributed by atoms with Crippen molar-refractivity contribution in [2.24, 2.45) is 0 Å². The third-order valence-corrected chi connectivity index (χ3v) is 2.66. The quantitative estimate of drug-likeness (QED) is 0.928. The van der Waals surface area contributed by atoms with Crippen molar-refractivity contribution in [2.45, 2.75) is 26.2 Å². The molecule has 0 aliphatic heterocycles. The Labute approximate surface area is 108 Å². The fraction of sp³-hybridized carbons (Fsp3) is 0.333. The van der Waals surface area contributed by atoms with E-state index in [0.717, 1.165) is 6.07 Å². The fourth-order valence-corrected chi connectivity index (χ4v) is 1.75. The van der Waals surface area contributed by atoms with Gasteiger partial charge in [0, 0.05) is 12.2 Å². The van der Waals surface area contributed by atoms with Crippen LogP contribution in [0.1, 0.15) is 18.3 Å². The maximum Gasteiger partial charge on any atom is 0.418 e. The molecule has 0 aliphatic carbocycles. The van der Waals surface area contributed by atoms with Crippen LogP contribution in [0.2, 0.25) is 0 Å². The van der Waals surface area contributed by atoms with Gasteiger partial charge in [-0.15, -0.1) is 0 Å². The Morgan fingerprint density at radius 3 is 2.68 bits per heavy atom. The van der Waals surface area contributed by atoms with Crippen LogP contribution < -0.4 is 5.32 Å². The normalized spacial score (nSPS) is 11.6. The number of para-hydroxylation sites is 1. The second-order valence-electron chi connectivity index (χ2n) is 3.89. The Morgan fingerprint density at radius 2 is 2.00 bits per heavy atom. The van der Waals surface area contributed by atoms with Gasteiger partial charge < -0.3 is 5.32 Å². The number of alkyl halides is 3. The lowest BCUT2D eigenvalue weighted by Crippen LogP contribution is -2.13. The van der Waals surface area contributed by atoms with Crippen molar-refractivity contribution in [2.75, 3.05) is 5.32 Å². The SMILES string of the molecule is CCn1ncnc1CNc1ccccc1C(F)(F)F. The molecule has 0 radical (unpaired) electrons. The van der Waals surface area contributed by atoms with Gasteiger partial charge in [0.05, 0.1) is 12.1 Å². The number of nitrogens with zero attached hydrogens (tertiary/aromatic N) is 3. The number of aryl methyl sites for hydroxylation is 1. The van der Waals surface area contributed by atoms with Gasteiger partial charge in [0.25, 0.3) is 0 Å². The van der Waals surface area contributed by atoms with Crippen LogP contribution in [0.15, 0.2) is 30.6 Å². The molecule has 0 saturated heterocycles. The molecular formula is C12H13F3N4. The highest BCUT2D eigenvalue weighted by Gasteiger charge is 2.33. The number of rotatable bonds is 4. The van der Waals surface area contributed by atoms with E-state index < -0.39 is 11.7 Å². The van der Waals surface area contributed by atoms with Crippen molar-refractivity contribution in [1.29, 1.82) is 0 Å². The molecule has 102 valence electrons. The highest BCUT2D eigenvalue weighted by Crippen LogP contribution is 2.34. The Balaban J connectivity index is 2.16. The summed E-state index contributed by atoms with van der Waals surface area (Å²) in [5.74, 6) is 0.597. The van der Waals surface area contributed by atoms with E-state index in [1.807, 2.05) is 6.92 Å². The second-order valence-corrected chi connectivity index (χ2v) is 3.89. The number of benzene rings is 1. The highest BCUT2D eigenvalue weighted by atomic mass is 19.4. The molecule has 1 heterocycles. The minimum atomic E-state index is -4.37. The average Bonchev–Trinajstić information content (AvgIpc) is 2.83. The molecule has 0 bridgehead atoms. The van der Waals surface area contributed by atoms with Gasteiger partial charge in [-0.25, -0.2) is 9.67 Å². The Bertz CT molecular complexity index is 548. The Morgan fingerprint density at radius 1 is 1.26 bits per heavy atom. The van der Waals surface area contributed by atoms with E-state index >= 15 is 0 Å². The topological polar surface area (TPSA) is 42.7 Å². The van der Waals surface area contributed by atoms with Gasteiger partial charge in [0.1, 0.15) is 12.2 Å². The van der Waals surface area contributed by atoms with Crippen LogP contribution in [0, 0.1) is 0 Å². The summed E-state index contributed by atoms with van der Waals surface area (Å²) in [5, 5.41) is 6.72. The van der Waals surface area contributed by atoms with Crippen molar-refractivity contribution < 1.29 is 13.2 Å². The predicted molar refractivity (Wildman–Crippen MR) is 64.5 cm³/mol. The summed E-state index contributed by atoms with van der Waals surface area (Å²) >= 11 is 0. The maximum absolute atomic E-state index is 12.8. The maximum atomic E-state index is 12.8. The molecule has 0 amide bonds. The molecule has 1 aromatic carbocycles. The molecule has 4 nitrogen and oxygen atoms in total. The molecule has 0 fully saturated rings. The van der Waals surface area contributed by atoms with E-state index in [2.05, 4.69) is 15.4 Å². The van der Waals surface area contributed by atoms with E-state index in [1.165, 1.54) is 18.5 Å². The summed E-state index contributed by atoms with van der Waals surface area (Å²) in [6.07, 6.45) is -2.99. The van der Waals surface area contributed by atoms with Crippen molar-refractivity contribution in [3.8, 4) is 0 Å². The van der Waals surface area contributed by atoms with Gasteiger partial charge >= 0.3 is 6.18 Å². The largest absolute Gasteiger partial charge is 0.418 e. The van der Waals surface area contributed by atoms with Gasteiger partial charge in [-0.1, -0.05) is 12.1 Å². The predicted octanol–water partition coefficient (Wildman–Crippen LogP) is 2.93. The van der Waals surface area contributed by atoms with Crippen molar-refractivity contribution in [1.82, 2.24) is 14.8 Å². The fourth-order valence-electron chi connectivity index (χ4n) is 1.75. The highest BCUT2D eigenvalue weighted by molar-refractivity contribution is 5.52. The summed E-state index contributed by atoms with van der Waals surface area (Å²) < 4.78 is 40.0. The first-order valence-corrected chi connectivity index (χ1v) is 5.79. The van der Waals surface area contributed by atoms with Gasteiger partial charge in [-0.3, -0.25) is 0 Å². The van der Waals surface area contributed by atoms with E-state index in [9.17, 15) is 13.2 Å². The minimum Gasteiger partial charge on any atom is -0.377 e. The Kier molecular flexibility index (Phi) is 3.73. The van der Waals surface area contributed by atoms with Gasteiger partial charge in [0.2, 0.25) is 0 Å². The first-order chi connectivity index (χ1) is 9.02. The van der Waals surface area contributed by atoms with Gasteiger partial charge in [0.15, 0.2) is 0 Å². The zero-order valence-corrected chi connectivity index (χ0v) is 10.3. The number of hydrogen-bond donors (Lipinski definition) is 1. The summed E-state index contributed by atoms with van der Waals surface area (Å²) in [6, 6.07) is 5.37. The molecule has 0 spiro atoms.